The number of ether oxygens (including phenoxy) is 2. The summed E-state index contributed by atoms with van der Waals surface area (Å²) in [6.07, 6.45) is 2.68. The normalized spacial score (nSPS) is 11.0. The first-order chi connectivity index (χ1) is 19.3. The molecule has 0 bridgehead atoms. The van der Waals surface area contributed by atoms with Gasteiger partial charge < -0.3 is 29.8 Å². The lowest BCUT2D eigenvalue weighted by Gasteiger charge is -2.29. The highest BCUT2D eigenvalue weighted by Gasteiger charge is 2.50. The second-order valence-electron chi connectivity index (χ2n) is 8.43. The van der Waals surface area contributed by atoms with Crippen LogP contribution in [-0.4, -0.2) is 61.7 Å². The minimum absolute atomic E-state index is 0.0133. The summed E-state index contributed by atoms with van der Waals surface area (Å²) in [7, 11) is 0. The lowest BCUT2D eigenvalue weighted by Crippen LogP contribution is -2.62. The van der Waals surface area contributed by atoms with Crippen molar-refractivity contribution in [1.29, 1.82) is 0 Å². The maximum atomic E-state index is 13.0. The Balaban J connectivity index is 1.53. The Hall–Kier alpha value is -5.27. The average molecular weight is 549 g/mol. The van der Waals surface area contributed by atoms with Crippen molar-refractivity contribution in [2.75, 3.05) is 23.8 Å². The van der Waals surface area contributed by atoms with Gasteiger partial charge in [0.15, 0.2) is 11.6 Å². The minimum atomic E-state index is -2.06. The molecule has 0 spiro atoms. The van der Waals surface area contributed by atoms with Crippen molar-refractivity contribution in [3.8, 4) is 11.5 Å². The number of nitrogens with zero attached hydrogens (tertiary/aromatic N) is 4. The van der Waals surface area contributed by atoms with Gasteiger partial charge in [-0.1, -0.05) is 12.1 Å². The molecular formula is C26H28N8O6. The van der Waals surface area contributed by atoms with Crippen molar-refractivity contribution in [1.82, 2.24) is 30.5 Å². The van der Waals surface area contributed by atoms with Crippen LogP contribution in [0.1, 0.15) is 26.3 Å². The van der Waals surface area contributed by atoms with Crippen molar-refractivity contribution in [3.05, 3.63) is 60.6 Å². The number of nitrogens with one attached hydrogen (secondary N) is 4. The van der Waals surface area contributed by atoms with Crippen LogP contribution in [0.15, 0.2) is 59.5 Å². The molecule has 3 aromatic heterocycles. The third kappa shape index (κ3) is 6.59. The van der Waals surface area contributed by atoms with Crippen LogP contribution in [0, 0.1) is 0 Å². The fraction of sp³-hybridized carbons (Fsp3) is 0.269. The van der Waals surface area contributed by atoms with E-state index >= 15 is 0 Å². The van der Waals surface area contributed by atoms with Gasteiger partial charge in [0.05, 0.1) is 19.5 Å². The summed E-state index contributed by atoms with van der Waals surface area (Å²) in [5.74, 6) is -0.855. The summed E-state index contributed by atoms with van der Waals surface area (Å²) in [4.78, 5) is 50.6. The van der Waals surface area contributed by atoms with Gasteiger partial charge in [0.25, 0.3) is 0 Å². The molecule has 0 radical (unpaired) electrons. The molecule has 0 aliphatic heterocycles. The molecule has 0 fully saturated rings. The maximum absolute atomic E-state index is 13.0. The standard InChI is InChI=1S/C26H28N8O6/c1-4-38-22(36)26(32-16(3)35,23(37)39-5-2)14-17-8-6-9-18(12-17)29-24-27-15-28-25(31-24)30-21-13-19(33-34-21)20-10-7-11-40-20/h6-13,15H,4-5,14H2,1-3H3,(H,32,35)(H3,27,28,29,30,31,33,34). The number of benzene rings is 1. The summed E-state index contributed by atoms with van der Waals surface area (Å²) < 4.78 is 15.6. The molecule has 4 N–H and O–H groups in total. The van der Waals surface area contributed by atoms with Gasteiger partial charge in [0.2, 0.25) is 23.3 Å². The van der Waals surface area contributed by atoms with E-state index in [2.05, 4.69) is 41.1 Å². The van der Waals surface area contributed by atoms with Crippen molar-refractivity contribution in [3.63, 3.8) is 0 Å². The van der Waals surface area contributed by atoms with Gasteiger partial charge >= 0.3 is 11.9 Å². The molecule has 0 saturated heterocycles. The molecule has 14 heteroatoms. The number of H-pyrrole nitrogens is 1. The van der Waals surface area contributed by atoms with Gasteiger partial charge in [-0.15, -0.1) is 0 Å². The SMILES string of the molecule is CCOC(=O)C(Cc1cccc(Nc2ncnc(Nc3cc(-c4ccco4)[nH]n3)n2)c1)(NC(C)=O)C(=O)OCC. The van der Waals surface area contributed by atoms with Crippen LogP contribution in [0.3, 0.4) is 0 Å². The largest absolute Gasteiger partial charge is 0.464 e. The number of amides is 1. The Morgan fingerprint density at radius 3 is 2.35 bits per heavy atom. The fourth-order valence-corrected chi connectivity index (χ4v) is 3.85. The topological polar surface area (TPSA) is 186 Å². The molecule has 1 aromatic carbocycles. The first kappa shape index (κ1) is 27.8. The van der Waals surface area contributed by atoms with E-state index < -0.39 is 23.4 Å². The van der Waals surface area contributed by atoms with Gasteiger partial charge in [0.1, 0.15) is 12.0 Å². The predicted molar refractivity (Wildman–Crippen MR) is 143 cm³/mol. The number of anilines is 4. The first-order valence-corrected chi connectivity index (χ1v) is 12.4. The number of carbonyl (C=O) groups is 3. The molecule has 3 heterocycles. The van der Waals surface area contributed by atoms with E-state index in [0.29, 0.717) is 28.5 Å². The third-order valence-corrected chi connectivity index (χ3v) is 5.47. The van der Waals surface area contributed by atoms with E-state index in [9.17, 15) is 14.4 Å². The lowest BCUT2D eigenvalue weighted by atomic mass is 9.90. The third-order valence-electron chi connectivity index (χ3n) is 5.47. The number of furan rings is 1. The molecule has 0 unspecified atom stereocenters. The maximum Gasteiger partial charge on any atom is 0.344 e. The van der Waals surface area contributed by atoms with Crippen LogP contribution < -0.4 is 16.0 Å². The van der Waals surface area contributed by atoms with Gasteiger partial charge in [-0.25, -0.2) is 19.6 Å². The van der Waals surface area contributed by atoms with E-state index in [1.165, 1.54) is 13.3 Å². The molecule has 1 amide bonds. The zero-order valence-corrected chi connectivity index (χ0v) is 22.1. The molecular weight excluding hydrogens is 520 g/mol. The van der Waals surface area contributed by atoms with Crippen LogP contribution in [0.5, 0.6) is 0 Å². The Kier molecular flexibility index (Phi) is 8.69. The second-order valence-corrected chi connectivity index (χ2v) is 8.43. The van der Waals surface area contributed by atoms with Crippen LogP contribution in [0.4, 0.5) is 23.4 Å². The number of hydrogen-bond donors (Lipinski definition) is 4. The van der Waals surface area contributed by atoms with Crippen molar-refractivity contribution in [2.24, 2.45) is 0 Å². The highest BCUT2D eigenvalue weighted by Crippen LogP contribution is 2.24. The van der Waals surface area contributed by atoms with Crippen molar-refractivity contribution < 1.29 is 28.3 Å². The highest BCUT2D eigenvalue weighted by atomic mass is 16.6. The summed E-state index contributed by atoms with van der Waals surface area (Å²) in [6, 6.07) is 12.2. The molecule has 0 atom stereocenters. The van der Waals surface area contributed by atoms with E-state index in [4.69, 9.17) is 13.9 Å². The molecule has 0 aliphatic rings. The number of esters is 2. The summed E-state index contributed by atoms with van der Waals surface area (Å²) in [6.45, 7) is 4.44. The lowest BCUT2D eigenvalue weighted by molar-refractivity contribution is -0.168. The Labute approximate surface area is 228 Å². The Morgan fingerprint density at radius 1 is 0.975 bits per heavy atom. The van der Waals surface area contributed by atoms with Crippen LogP contribution in [-0.2, 0) is 30.3 Å². The summed E-state index contributed by atoms with van der Waals surface area (Å²) in [5, 5.41) is 15.6. The quantitative estimate of drug-likeness (QED) is 0.150. The zero-order chi connectivity index (χ0) is 28.5. The summed E-state index contributed by atoms with van der Waals surface area (Å²) >= 11 is 0. The molecule has 40 heavy (non-hydrogen) atoms. The van der Waals surface area contributed by atoms with E-state index in [1.54, 1.807) is 62.6 Å². The van der Waals surface area contributed by atoms with Crippen LogP contribution in [0.25, 0.3) is 11.5 Å². The number of aromatic nitrogens is 5. The number of rotatable bonds is 12. The fourth-order valence-electron chi connectivity index (χ4n) is 3.85. The smallest absolute Gasteiger partial charge is 0.344 e. The molecule has 4 rings (SSSR count). The molecule has 4 aromatic rings. The van der Waals surface area contributed by atoms with Crippen molar-refractivity contribution in [2.45, 2.75) is 32.7 Å². The van der Waals surface area contributed by atoms with Gasteiger partial charge in [-0.2, -0.15) is 10.1 Å². The molecule has 14 nitrogen and oxygen atoms in total. The van der Waals surface area contributed by atoms with Gasteiger partial charge in [0, 0.05) is 25.1 Å². The summed E-state index contributed by atoms with van der Waals surface area (Å²) in [5.41, 5.74) is -0.287. The zero-order valence-electron chi connectivity index (χ0n) is 22.1. The number of aromatic amines is 1. The molecule has 208 valence electrons. The molecule has 0 aliphatic carbocycles. The minimum Gasteiger partial charge on any atom is -0.464 e. The second kappa shape index (κ2) is 12.5. The number of hydrogen-bond acceptors (Lipinski definition) is 12. The van der Waals surface area contributed by atoms with Crippen LogP contribution in [0.2, 0.25) is 0 Å². The Bertz CT molecular complexity index is 1450. The van der Waals surface area contributed by atoms with E-state index in [0.717, 1.165) is 0 Å². The van der Waals surface area contributed by atoms with Gasteiger partial charge in [-0.05, 0) is 43.7 Å². The van der Waals surface area contributed by atoms with E-state index in [-0.39, 0.29) is 31.5 Å². The average Bonchev–Trinajstić information content (AvgIpc) is 3.61. The predicted octanol–water partition coefficient (Wildman–Crippen LogP) is 2.89. The Morgan fingerprint density at radius 2 is 1.70 bits per heavy atom. The first-order valence-electron chi connectivity index (χ1n) is 12.4. The van der Waals surface area contributed by atoms with Crippen molar-refractivity contribution >= 4 is 41.2 Å². The van der Waals surface area contributed by atoms with Crippen LogP contribution >= 0.6 is 0 Å². The van der Waals surface area contributed by atoms with Gasteiger partial charge in [-0.3, -0.25) is 9.89 Å². The highest BCUT2D eigenvalue weighted by molar-refractivity contribution is 6.08. The number of carbonyl (C=O) groups excluding carboxylic acids is 3. The van der Waals surface area contributed by atoms with E-state index in [1.807, 2.05) is 0 Å². The monoisotopic (exact) mass is 548 g/mol. The molecule has 0 saturated carbocycles.